The lowest BCUT2D eigenvalue weighted by molar-refractivity contribution is -0.282. The number of aliphatic hydroxyl groups is 9. The number of aliphatic hydroxyl groups excluding tert-OH is 9. The fourth-order valence-electron chi connectivity index (χ4n) is 9.20. The summed E-state index contributed by atoms with van der Waals surface area (Å²) in [6.07, 6.45) is -8.44. The molecule has 3 aliphatic rings. The van der Waals surface area contributed by atoms with E-state index in [1.807, 2.05) is 0 Å². The Hall–Kier alpha value is -3.41. The van der Waals surface area contributed by atoms with Crippen molar-refractivity contribution in [1.82, 2.24) is 26.6 Å². The lowest BCUT2D eigenvalue weighted by Crippen LogP contribution is -2.59. The molecule has 0 bridgehead atoms. The van der Waals surface area contributed by atoms with Gasteiger partial charge in [-0.25, -0.2) is 0 Å². The molecule has 3 fully saturated rings. The highest BCUT2D eigenvalue weighted by molar-refractivity contribution is 5.97. The van der Waals surface area contributed by atoms with Crippen LogP contribution in [-0.2, 0) is 71.3 Å². The Bertz CT molecular complexity index is 1650. The molecule has 0 saturated carbocycles. The van der Waals surface area contributed by atoms with Crippen molar-refractivity contribution < 1.29 is 117 Å². The van der Waals surface area contributed by atoms with Gasteiger partial charge in [0.2, 0.25) is 29.5 Å². The molecular weight excluding hydrogens is 1100 g/mol. The summed E-state index contributed by atoms with van der Waals surface area (Å²) in [4.78, 5) is 65.4. The topological polar surface area (TPSA) is 420 Å². The summed E-state index contributed by atoms with van der Waals surface area (Å²) in [7, 11) is 1.65. The second kappa shape index (κ2) is 41.6. The Morgan fingerprint density at radius 3 is 1.08 bits per heavy atom. The molecular formula is C54H99N5O24. The van der Waals surface area contributed by atoms with Gasteiger partial charge in [0.05, 0.1) is 97.6 Å². The summed E-state index contributed by atoms with van der Waals surface area (Å²) in [5.74, 6) is -4.14. The van der Waals surface area contributed by atoms with Gasteiger partial charge in [-0.05, 0) is 32.1 Å². The number of unbranched alkanes of at least 4 members (excludes halogenated alkanes) is 4. The first-order valence-corrected chi connectivity index (χ1v) is 29.1. The molecule has 3 aliphatic heterocycles. The number of carbonyl (C=O) groups excluding carboxylic acids is 5. The number of ether oxygens (including phenoxy) is 10. The quantitative estimate of drug-likeness (QED) is 0.0204. The van der Waals surface area contributed by atoms with Crippen LogP contribution in [0.3, 0.4) is 0 Å². The van der Waals surface area contributed by atoms with E-state index in [9.17, 15) is 69.9 Å². The molecule has 3 saturated heterocycles. The summed E-state index contributed by atoms with van der Waals surface area (Å²) in [6.45, 7) is 4.01. The van der Waals surface area contributed by atoms with Gasteiger partial charge in [-0.1, -0.05) is 40.0 Å². The van der Waals surface area contributed by atoms with Crippen molar-refractivity contribution >= 4 is 29.5 Å². The van der Waals surface area contributed by atoms with Crippen molar-refractivity contribution in [3.63, 3.8) is 0 Å². The van der Waals surface area contributed by atoms with Gasteiger partial charge in [0.25, 0.3) is 0 Å². The van der Waals surface area contributed by atoms with Crippen LogP contribution in [-0.4, -0.2) is 274 Å². The van der Waals surface area contributed by atoms with E-state index < -0.39 is 135 Å². The third kappa shape index (κ3) is 27.5. The van der Waals surface area contributed by atoms with Crippen LogP contribution in [0.15, 0.2) is 0 Å². The normalized spacial score (nSPS) is 28.9. The SMILES string of the molecule is COCCCCCCCNC(=O)CC(=O)NC(COCCC(=O)NCCCO[C@@H]1OC(CO)[C@H](O)[C@H](O)C1C)(COCCC(=O)NCCCO[C@@H]1OC(CO)[C@H](O)[C@H](O)C1C)COCCC(=O)NCCCO[C@@H]1OC(CO)[C@H](O)[C@H](O)C1C. The van der Waals surface area contributed by atoms with Gasteiger partial charge >= 0.3 is 0 Å². The number of nitrogens with one attached hydrogen (secondary N) is 5. The van der Waals surface area contributed by atoms with Gasteiger partial charge in [-0.15, -0.1) is 0 Å². The molecule has 3 rings (SSSR count). The van der Waals surface area contributed by atoms with E-state index in [-0.39, 0.29) is 116 Å². The molecule has 0 aromatic heterocycles. The number of amides is 5. The van der Waals surface area contributed by atoms with Gasteiger partial charge in [0.15, 0.2) is 18.9 Å². The van der Waals surface area contributed by atoms with Crippen LogP contribution < -0.4 is 26.6 Å². The zero-order valence-corrected chi connectivity index (χ0v) is 48.8. The van der Waals surface area contributed by atoms with Crippen LogP contribution in [0.4, 0.5) is 0 Å². The Labute approximate surface area is 486 Å². The molecule has 15 atom stereocenters. The molecule has 14 N–H and O–H groups in total. The fourth-order valence-corrected chi connectivity index (χ4v) is 9.20. The van der Waals surface area contributed by atoms with Crippen molar-refractivity contribution in [2.75, 3.05) is 119 Å². The van der Waals surface area contributed by atoms with E-state index >= 15 is 0 Å². The molecule has 0 spiro atoms. The van der Waals surface area contributed by atoms with E-state index in [2.05, 4.69) is 26.6 Å². The summed E-state index contributed by atoms with van der Waals surface area (Å²) < 4.78 is 57.0. The predicted molar refractivity (Wildman–Crippen MR) is 291 cm³/mol. The maximum atomic E-state index is 13.7. The monoisotopic (exact) mass is 1200 g/mol. The van der Waals surface area contributed by atoms with E-state index in [1.54, 1.807) is 27.9 Å². The molecule has 0 aliphatic carbocycles. The fraction of sp³-hybridized carbons (Fsp3) is 0.907. The van der Waals surface area contributed by atoms with Gasteiger partial charge < -0.3 is 120 Å². The largest absolute Gasteiger partial charge is 0.394 e. The molecule has 29 nitrogen and oxygen atoms in total. The summed E-state index contributed by atoms with van der Waals surface area (Å²) in [6, 6.07) is 0. The number of rotatable bonds is 44. The number of carbonyl (C=O) groups is 5. The minimum Gasteiger partial charge on any atom is -0.394 e. The Morgan fingerprint density at radius 2 is 0.735 bits per heavy atom. The molecule has 29 heteroatoms. The first-order chi connectivity index (χ1) is 39.8. The maximum Gasteiger partial charge on any atom is 0.230 e. The number of hydrogen-bond donors (Lipinski definition) is 14. The van der Waals surface area contributed by atoms with E-state index in [0.717, 1.165) is 25.7 Å². The second-order valence-electron chi connectivity index (χ2n) is 21.4. The molecule has 5 amide bonds. The lowest BCUT2D eigenvalue weighted by Gasteiger charge is -2.40. The van der Waals surface area contributed by atoms with E-state index in [1.165, 1.54) is 0 Å². The molecule has 484 valence electrons. The highest BCUT2D eigenvalue weighted by Crippen LogP contribution is 2.29. The van der Waals surface area contributed by atoms with Crippen LogP contribution >= 0.6 is 0 Å². The first-order valence-electron chi connectivity index (χ1n) is 29.1. The van der Waals surface area contributed by atoms with Crippen LogP contribution in [0.1, 0.15) is 97.8 Å². The van der Waals surface area contributed by atoms with Crippen LogP contribution in [0, 0.1) is 17.8 Å². The smallest absolute Gasteiger partial charge is 0.230 e. The summed E-state index contributed by atoms with van der Waals surface area (Å²) in [5, 5.41) is 104. The highest BCUT2D eigenvalue weighted by Gasteiger charge is 2.45. The Morgan fingerprint density at radius 1 is 0.410 bits per heavy atom. The molecule has 3 heterocycles. The standard InChI is InChI=1S/C54H99N5O24/c1-34-45(68)48(71)37(28-60)81-51(34)78-21-10-17-55-40(63)13-24-75-31-54(59-44(67)27-43(66)58-16-8-6-5-7-9-20-74-4,32-76-25-14-41(64)56-18-11-22-79-52-35(2)46(69)49(72)38(29-61)82-52)33-77-26-15-42(65)57-19-12-23-80-53-36(3)47(70)50(73)39(30-62)83-53/h34-39,45-53,60-62,68-73H,5-33H2,1-4H3,(H,55,63)(H,56,64)(H,57,65)(H,58,66)(H,59,67)/t34?,35?,36?,37?,38?,39?,45-,46-,47-,48+,49+,50+,51-,52-,53-,54?/m1/s1. The van der Waals surface area contributed by atoms with Crippen molar-refractivity contribution in [1.29, 1.82) is 0 Å². The second-order valence-corrected chi connectivity index (χ2v) is 21.4. The predicted octanol–water partition coefficient (Wildman–Crippen LogP) is -4.04. The molecule has 83 heavy (non-hydrogen) atoms. The van der Waals surface area contributed by atoms with E-state index in [0.29, 0.717) is 38.8 Å². The van der Waals surface area contributed by atoms with Crippen molar-refractivity contribution in [2.24, 2.45) is 17.8 Å². The van der Waals surface area contributed by atoms with Crippen LogP contribution in [0.25, 0.3) is 0 Å². The van der Waals surface area contributed by atoms with Gasteiger partial charge in [-0.3, -0.25) is 24.0 Å². The Balaban J connectivity index is 1.61. The average Bonchev–Trinajstić information content (AvgIpc) is 3.64. The molecule has 0 aromatic rings. The number of hydrogen-bond acceptors (Lipinski definition) is 24. The van der Waals surface area contributed by atoms with Gasteiger partial charge in [-0.2, -0.15) is 0 Å². The third-order valence-electron chi connectivity index (χ3n) is 14.5. The van der Waals surface area contributed by atoms with Crippen molar-refractivity contribution in [3.8, 4) is 0 Å². The number of methoxy groups -OCH3 is 1. The Kier molecular flexibility index (Phi) is 37.0. The van der Waals surface area contributed by atoms with Crippen LogP contribution in [0.2, 0.25) is 0 Å². The van der Waals surface area contributed by atoms with Crippen LogP contribution in [0.5, 0.6) is 0 Å². The lowest BCUT2D eigenvalue weighted by atomic mass is 9.92. The van der Waals surface area contributed by atoms with Crippen molar-refractivity contribution in [3.05, 3.63) is 0 Å². The first kappa shape index (κ1) is 73.8. The average molecular weight is 1200 g/mol. The zero-order valence-electron chi connectivity index (χ0n) is 48.8. The van der Waals surface area contributed by atoms with Gasteiger partial charge in [0.1, 0.15) is 48.6 Å². The minimum atomic E-state index is -1.53. The maximum absolute atomic E-state index is 13.7. The molecule has 0 aromatic carbocycles. The summed E-state index contributed by atoms with van der Waals surface area (Å²) >= 11 is 0. The van der Waals surface area contributed by atoms with Crippen molar-refractivity contribution in [2.45, 2.75) is 177 Å². The molecule has 6 unspecified atom stereocenters. The minimum absolute atomic E-state index is 0.120. The van der Waals surface area contributed by atoms with Gasteiger partial charge in [0, 0.05) is 76.9 Å². The third-order valence-corrected chi connectivity index (χ3v) is 14.5. The molecule has 0 radical (unpaired) electrons. The highest BCUT2D eigenvalue weighted by atomic mass is 16.7. The van der Waals surface area contributed by atoms with E-state index in [4.69, 9.17) is 47.4 Å². The zero-order chi connectivity index (χ0) is 61.2. The summed E-state index contributed by atoms with van der Waals surface area (Å²) in [5.41, 5.74) is -1.53.